The van der Waals surface area contributed by atoms with E-state index < -0.39 is 10.8 Å². The zero-order chi connectivity index (χ0) is 20.1. The van der Waals surface area contributed by atoms with E-state index in [0.29, 0.717) is 13.1 Å². The Morgan fingerprint density at radius 1 is 1.18 bits per heavy atom. The standard InChI is InChI=1S/C20H23N2O6/c1-27-18-11-16(20(24)22(14-23)9-5-6-10-22)17(21(25)26)12-19(18)28-13-15-7-3-2-4-8-15/h2-4,7-8,11-12,23H,5-6,9-10,13-14H2,1H3/q+1. The van der Waals surface area contributed by atoms with Crippen LogP contribution in [0.15, 0.2) is 42.5 Å². The molecule has 148 valence electrons. The Morgan fingerprint density at radius 2 is 1.86 bits per heavy atom. The summed E-state index contributed by atoms with van der Waals surface area (Å²) in [6.45, 7) is 0.741. The van der Waals surface area contributed by atoms with Gasteiger partial charge in [-0.05, 0) is 5.56 Å². The number of benzene rings is 2. The Balaban J connectivity index is 1.97. The fraction of sp³-hybridized carbons (Fsp3) is 0.350. The van der Waals surface area contributed by atoms with E-state index in [0.717, 1.165) is 18.4 Å². The quantitative estimate of drug-likeness (QED) is 0.446. The molecule has 0 aromatic heterocycles. The first kappa shape index (κ1) is 19.8. The summed E-state index contributed by atoms with van der Waals surface area (Å²) < 4.78 is 10.8. The summed E-state index contributed by atoms with van der Waals surface area (Å²) in [5.74, 6) is -0.0497. The van der Waals surface area contributed by atoms with Crippen LogP contribution in [0.1, 0.15) is 28.8 Å². The van der Waals surface area contributed by atoms with E-state index in [-0.39, 0.29) is 40.6 Å². The second kappa shape index (κ2) is 8.37. The van der Waals surface area contributed by atoms with E-state index >= 15 is 0 Å². The summed E-state index contributed by atoms with van der Waals surface area (Å²) in [5.41, 5.74) is 0.464. The second-order valence-electron chi connectivity index (χ2n) is 6.80. The van der Waals surface area contributed by atoms with Gasteiger partial charge in [0, 0.05) is 18.9 Å². The largest absolute Gasteiger partial charge is 0.493 e. The zero-order valence-electron chi connectivity index (χ0n) is 15.7. The molecule has 0 aliphatic carbocycles. The number of ether oxygens (including phenoxy) is 2. The molecule has 1 N–H and O–H groups in total. The molecule has 1 amide bonds. The van der Waals surface area contributed by atoms with Crippen molar-refractivity contribution < 1.29 is 28.8 Å². The number of nitro benzene ring substituents is 1. The summed E-state index contributed by atoms with van der Waals surface area (Å²) in [4.78, 5) is 24.1. The molecule has 0 bridgehead atoms. The molecule has 1 aliphatic heterocycles. The summed E-state index contributed by atoms with van der Waals surface area (Å²) in [6, 6.07) is 11.9. The first-order valence-corrected chi connectivity index (χ1v) is 9.06. The smallest absolute Gasteiger partial charge is 0.354 e. The molecule has 3 rings (SSSR count). The van der Waals surface area contributed by atoms with Crippen molar-refractivity contribution in [2.24, 2.45) is 0 Å². The van der Waals surface area contributed by atoms with Gasteiger partial charge in [0.05, 0.1) is 31.2 Å². The van der Waals surface area contributed by atoms with Crippen LogP contribution >= 0.6 is 0 Å². The van der Waals surface area contributed by atoms with Gasteiger partial charge in [0.15, 0.2) is 23.8 Å². The Kier molecular flexibility index (Phi) is 5.91. The minimum atomic E-state index is -0.605. The van der Waals surface area contributed by atoms with Crippen LogP contribution in [0.4, 0.5) is 5.69 Å². The fourth-order valence-electron chi connectivity index (χ4n) is 3.48. The number of hydrogen-bond donors (Lipinski definition) is 1. The topological polar surface area (TPSA) is 98.9 Å². The first-order chi connectivity index (χ1) is 13.5. The van der Waals surface area contributed by atoms with E-state index in [4.69, 9.17) is 9.47 Å². The van der Waals surface area contributed by atoms with Gasteiger partial charge >= 0.3 is 5.91 Å². The molecule has 1 saturated heterocycles. The summed E-state index contributed by atoms with van der Waals surface area (Å²) >= 11 is 0. The SMILES string of the molecule is COc1cc(C(=O)[N+]2(CO)CCCC2)c([N+](=O)[O-])cc1OCc1ccccc1. The maximum Gasteiger partial charge on any atom is 0.354 e. The van der Waals surface area contributed by atoms with Crippen LogP contribution in [-0.4, -0.2) is 47.4 Å². The van der Waals surface area contributed by atoms with Gasteiger partial charge in [-0.2, -0.15) is 0 Å². The first-order valence-electron chi connectivity index (χ1n) is 9.06. The van der Waals surface area contributed by atoms with E-state index in [1.54, 1.807) is 0 Å². The van der Waals surface area contributed by atoms with Gasteiger partial charge < -0.3 is 14.6 Å². The molecule has 1 heterocycles. The van der Waals surface area contributed by atoms with Crippen LogP contribution in [0, 0.1) is 10.1 Å². The third-order valence-electron chi connectivity index (χ3n) is 5.07. The summed E-state index contributed by atoms with van der Waals surface area (Å²) in [7, 11) is 1.41. The van der Waals surface area contributed by atoms with E-state index in [1.165, 1.54) is 19.2 Å². The van der Waals surface area contributed by atoms with Crippen molar-refractivity contribution in [1.82, 2.24) is 0 Å². The van der Waals surface area contributed by atoms with Crippen molar-refractivity contribution in [2.75, 3.05) is 26.9 Å². The molecule has 0 radical (unpaired) electrons. The number of amides is 1. The fourth-order valence-corrected chi connectivity index (χ4v) is 3.48. The zero-order valence-corrected chi connectivity index (χ0v) is 15.7. The van der Waals surface area contributed by atoms with Gasteiger partial charge in [0.25, 0.3) is 5.69 Å². The third kappa shape index (κ3) is 3.83. The van der Waals surface area contributed by atoms with Crippen molar-refractivity contribution in [3.8, 4) is 11.5 Å². The molecule has 0 spiro atoms. The lowest BCUT2D eigenvalue weighted by molar-refractivity contribution is -0.856. The number of aliphatic hydroxyl groups excluding tert-OH is 1. The van der Waals surface area contributed by atoms with Crippen molar-refractivity contribution >= 4 is 11.6 Å². The number of quaternary nitrogens is 1. The molecule has 1 aliphatic rings. The van der Waals surface area contributed by atoms with Gasteiger partial charge in [-0.25, -0.2) is 9.28 Å². The second-order valence-corrected chi connectivity index (χ2v) is 6.80. The van der Waals surface area contributed by atoms with Gasteiger partial charge in [0.1, 0.15) is 6.61 Å². The minimum absolute atomic E-state index is 0.0788. The predicted octanol–water partition coefficient (Wildman–Crippen LogP) is 2.88. The monoisotopic (exact) mass is 387 g/mol. The molecule has 8 heteroatoms. The highest BCUT2D eigenvalue weighted by atomic mass is 16.6. The molecule has 1 fully saturated rings. The Morgan fingerprint density at radius 3 is 2.43 bits per heavy atom. The lowest BCUT2D eigenvalue weighted by atomic mass is 10.1. The normalized spacial score (nSPS) is 15.2. The molecule has 2 aromatic carbocycles. The minimum Gasteiger partial charge on any atom is -0.493 e. The Labute approximate surface area is 162 Å². The van der Waals surface area contributed by atoms with Gasteiger partial charge in [0.2, 0.25) is 0 Å². The number of nitrogens with zero attached hydrogens (tertiary/aromatic N) is 2. The highest BCUT2D eigenvalue weighted by Crippen LogP contribution is 2.37. The van der Waals surface area contributed by atoms with Crippen LogP contribution in [0.25, 0.3) is 0 Å². The highest BCUT2D eigenvalue weighted by molar-refractivity contribution is 5.94. The Hall–Kier alpha value is -2.97. The third-order valence-corrected chi connectivity index (χ3v) is 5.07. The predicted molar refractivity (Wildman–Crippen MR) is 101 cm³/mol. The summed E-state index contributed by atoms with van der Waals surface area (Å²) in [6.07, 6.45) is 1.57. The lowest BCUT2D eigenvalue weighted by Gasteiger charge is -2.28. The maximum absolute atomic E-state index is 13.1. The number of hydrogen-bond acceptors (Lipinski definition) is 6. The van der Waals surface area contributed by atoms with Crippen LogP contribution < -0.4 is 9.47 Å². The molecular formula is C20H23N2O6+. The molecule has 8 nitrogen and oxygen atoms in total. The average Bonchev–Trinajstić information content (AvgIpc) is 3.22. The number of nitro groups is 1. The van der Waals surface area contributed by atoms with Gasteiger partial charge in [-0.15, -0.1) is 0 Å². The number of carbonyl (C=O) groups excluding carboxylic acids is 1. The Bertz CT molecular complexity index is 862. The van der Waals surface area contributed by atoms with Crippen molar-refractivity contribution in [1.29, 1.82) is 0 Å². The molecule has 0 saturated carbocycles. The van der Waals surface area contributed by atoms with Crippen LogP contribution in [-0.2, 0) is 6.61 Å². The number of aliphatic hydroxyl groups is 1. The van der Waals surface area contributed by atoms with E-state index in [1.807, 2.05) is 30.3 Å². The maximum atomic E-state index is 13.1. The van der Waals surface area contributed by atoms with Crippen LogP contribution in [0.5, 0.6) is 11.5 Å². The molecular weight excluding hydrogens is 364 g/mol. The van der Waals surface area contributed by atoms with E-state index in [9.17, 15) is 20.0 Å². The van der Waals surface area contributed by atoms with Crippen LogP contribution in [0.2, 0.25) is 0 Å². The highest BCUT2D eigenvalue weighted by Gasteiger charge is 2.43. The van der Waals surface area contributed by atoms with Gasteiger partial charge in [-0.3, -0.25) is 10.1 Å². The van der Waals surface area contributed by atoms with Gasteiger partial charge in [-0.1, -0.05) is 30.3 Å². The van der Waals surface area contributed by atoms with E-state index in [2.05, 4.69) is 0 Å². The lowest BCUT2D eigenvalue weighted by Crippen LogP contribution is -2.51. The molecule has 2 aromatic rings. The van der Waals surface area contributed by atoms with Crippen molar-refractivity contribution in [3.63, 3.8) is 0 Å². The van der Waals surface area contributed by atoms with Crippen molar-refractivity contribution in [2.45, 2.75) is 19.4 Å². The molecule has 0 atom stereocenters. The summed E-state index contributed by atoms with van der Waals surface area (Å²) in [5, 5.41) is 21.4. The number of rotatable bonds is 7. The number of likely N-dealkylation sites (tertiary alicyclic amines) is 1. The molecule has 0 unspecified atom stereocenters. The molecule has 28 heavy (non-hydrogen) atoms. The van der Waals surface area contributed by atoms with Crippen molar-refractivity contribution in [3.05, 3.63) is 63.7 Å². The van der Waals surface area contributed by atoms with Crippen LogP contribution in [0.3, 0.4) is 0 Å². The number of carbonyl (C=O) groups is 1. The number of methoxy groups -OCH3 is 1. The average molecular weight is 387 g/mol.